The number of rotatable bonds is 5. The number of anilines is 1. The highest BCUT2D eigenvalue weighted by Crippen LogP contribution is 2.04. The van der Waals surface area contributed by atoms with Gasteiger partial charge in [0, 0.05) is 37.5 Å². The Balaban J connectivity index is 1.80. The third-order valence-electron chi connectivity index (χ3n) is 2.57. The second-order valence-corrected chi connectivity index (χ2v) is 4.13. The lowest BCUT2D eigenvalue weighted by Gasteiger charge is -2.14. The average molecular weight is 231 g/mol. The zero-order chi connectivity index (χ0) is 12.1. The van der Waals surface area contributed by atoms with Crippen LogP contribution in [0.2, 0.25) is 0 Å². The van der Waals surface area contributed by atoms with Crippen molar-refractivity contribution in [1.29, 1.82) is 0 Å². The van der Waals surface area contributed by atoms with Crippen LogP contribution in [-0.2, 0) is 13.0 Å². The number of pyridine rings is 1. The van der Waals surface area contributed by atoms with Gasteiger partial charge in [0.1, 0.15) is 5.82 Å². The number of aromatic amines is 1. The fourth-order valence-electron chi connectivity index (χ4n) is 1.68. The van der Waals surface area contributed by atoms with Crippen molar-refractivity contribution in [2.75, 3.05) is 19.3 Å². The number of hydrogen-bond donors (Lipinski definition) is 2. The Bertz CT molecular complexity index is 451. The minimum atomic E-state index is 0.540. The first-order valence-corrected chi connectivity index (χ1v) is 5.62. The third kappa shape index (κ3) is 3.57. The molecule has 2 aromatic rings. The minimum absolute atomic E-state index is 0.540. The van der Waals surface area contributed by atoms with Gasteiger partial charge in [0.25, 0.3) is 0 Å². The summed E-state index contributed by atoms with van der Waals surface area (Å²) in [5.41, 5.74) is 7.70. The summed E-state index contributed by atoms with van der Waals surface area (Å²) < 4.78 is 0. The molecule has 0 amide bonds. The molecule has 0 aromatic carbocycles. The number of aromatic nitrogens is 3. The Hall–Kier alpha value is -1.88. The molecule has 0 fully saturated rings. The van der Waals surface area contributed by atoms with E-state index in [-0.39, 0.29) is 0 Å². The van der Waals surface area contributed by atoms with Crippen LogP contribution in [0, 0.1) is 0 Å². The first-order valence-electron chi connectivity index (χ1n) is 5.62. The smallest absolute Gasteiger partial charge is 0.145 e. The molecule has 17 heavy (non-hydrogen) atoms. The van der Waals surface area contributed by atoms with Crippen LogP contribution in [0.3, 0.4) is 0 Å². The van der Waals surface area contributed by atoms with Crippen molar-refractivity contribution in [2.45, 2.75) is 13.0 Å². The van der Waals surface area contributed by atoms with Gasteiger partial charge >= 0.3 is 0 Å². The van der Waals surface area contributed by atoms with Crippen molar-refractivity contribution in [3.8, 4) is 0 Å². The lowest BCUT2D eigenvalue weighted by Crippen LogP contribution is -2.21. The molecule has 0 atom stereocenters. The van der Waals surface area contributed by atoms with Crippen molar-refractivity contribution in [3.63, 3.8) is 0 Å². The maximum atomic E-state index is 5.55. The Morgan fingerprint density at radius 2 is 2.29 bits per heavy atom. The fourth-order valence-corrected chi connectivity index (χ4v) is 1.68. The van der Waals surface area contributed by atoms with E-state index in [0.717, 1.165) is 30.9 Å². The van der Waals surface area contributed by atoms with Crippen LogP contribution in [0.5, 0.6) is 0 Å². The number of nitrogens with zero attached hydrogens (tertiary/aromatic N) is 3. The number of nitrogens with two attached hydrogens (primary N) is 1. The lowest BCUT2D eigenvalue weighted by molar-refractivity contribution is 0.326. The fraction of sp³-hybridized carbons (Fsp3) is 0.333. The van der Waals surface area contributed by atoms with Crippen molar-refractivity contribution < 1.29 is 0 Å². The molecule has 5 heteroatoms. The number of nitrogens with one attached hydrogen (secondary N) is 1. The van der Waals surface area contributed by atoms with Gasteiger partial charge < -0.3 is 10.6 Å². The molecule has 5 nitrogen and oxygen atoms in total. The van der Waals surface area contributed by atoms with E-state index in [1.165, 1.54) is 0 Å². The van der Waals surface area contributed by atoms with Crippen molar-refractivity contribution in [2.24, 2.45) is 0 Å². The van der Waals surface area contributed by atoms with Gasteiger partial charge in [-0.1, -0.05) is 6.07 Å². The molecule has 0 saturated heterocycles. The monoisotopic (exact) mass is 231 g/mol. The van der Waals surface area contributed by atoms with Gasteiger partial charge in [-0.2, -0.15) is 5.10 Å². The SMILES string of the molecule is CN(CCc1ccccn1)Cc1cc(N)n[nH]1. The second kappa shape index (κ2) is 5.45. The molecule has 2 heterocycles. The third-order valence-corrected chi connectivity index (χ3v) is 2.57. The van der Waals surface area contributed by atoms with E-state index in [1.807, 2.05) is 30.5 Å². The van der Waals surface area contributed by atoms with E-state index in [2.05, 4.69) is 27.1 Å². The quantitative estimate of drug-likeness (QED) is 0.807. The van der Waals surface area contributed by atoms with Gasteiger partial charge in [0.15, 0.2) is 0 Å². The molecule has 90 valence electrons. The zero-order valence-electron chi connectivity index (χ0n) is 9.93. The van der Waals surface area contributed by atoms with Gasteiger partial charge in [0.05, 0.1) is 5.69 Å². The summed E-state index contributed by atoms with van der Waals surface area (Å²) in [5, 5.41) is 6.80. The molecule has 2 rings (SSSR count). The van der Waals surface area contributed by atoms with Crippen molar-refractivity contribution in [3.05, 3.63) is 41.9 Å². The first kappa shape index (κ1) is 11.6. The summed E-state index contributed by atoms with van der Waals surface area (Å²) in [4.78, 5) is 6.50. The van der Waals surface area contributed by atoms with Crippen LogP contribution < -0.4 is 5.73 Å². The van der Waals surface area contributed by atoms with Gasteiger partial charge in [-0.15, -0.1) is 0 Å². The lowest BCUT2D eigenvalue weighted by atomic mass is 10.2. The van der Waals surface area contributed by atoms with Crippen molar-refractivity contribution in [1.82, 2.24) is 20.1 Å². The molecular formula is C12H17N5. The molecular weight excluding hydrogens is 214 g/mol. The van der Waals surface area contributed by atoms with Gasteiger partial charge in [0.2, 0.25) is 0 Å². The van der Waals surface area contributed by atoms with E-state index >= 15 is 0 Å². The maximum absolute atomic E-state index is 5.55. The van der Waals surface area contributed by atoms with Crippen LogP contribution in [0.4, 0.5) is 5.82 Å². The minimum Gasteiger partial charge on any atom is -0.382 e. The molecule has 0 unspecified atom stereocenters. The maximum Gasteiger partial charge on any atom is 0.145 e. The topological polar surface area (TPSA) is 70.8 Å². The summed E-state index contributed by atoms with van der Waals surface area (Å²) in [6, 6.07) is 7.85. The molecule has 0 spiro atoms. The van der Waals surface area contributed by atoms with E-state index in [1.54, 1.807) is 0 Å². The largest absolute Gasteiger partial charge is 0.382 e. The highest BCUT2D eigenvalue weighted by molar-refractivity contribution is 5.28. The molecule has 0 bridgehead atoms. The Kier molecular flexibility index (Phi) is 3.72. The van der Waals surface area contributed by atoms with Gasteiger partial charge in [-0.25, -0.2) is 0 Å². The molecule has 0 aliphatic rings. The highest BCUT2D eigenvalue weighted by Gasteiger charge is 2.03. The molecule has 0 radical (unpaired) electrons. The number of likely N-dealkylation sites (N-methyl/N-ethyl adjacent to an activating group) is 1. The summed E-state index contributed by atoms with van der Waals surface area (Å²) in [6.45, 7) is 1.77. The predicted octanol–water partition coefficient (Wildman–Crippen LogP) is 1.06. The van der Waals surface area contributed by atoms with Crippen LogP contribution >= 0.6 is 0 Å². The Morgan fingerprint density at radius 1 is 1.41 bits per heavy atom. The molecule has 0 aliphatic heterocycles. The summed E-state index contributed by atoms with van der Waals surface area (Å²) >= 11 is 0. The van der Waals surface area contributed by atoms with Crippen LogP contribution in [0.25, 0.3) is 0 Å². The molecule has 0 saturated carbocycles. The van der Waals surface area contributed by atoms with Crippen LogP contribution in [0.15, 0.2) is 30.5 Å². The zero-order valence-corrected chi connectivity index (χ0v) is 9.93. The van der Waals surface area contributed by atoms with Gasteiger partial charge in [-0.05, 0) is 19.2 Å². The summed E-state index contributed by atoms with van der Waals surface area (Å²) in [7, 11) is 2.07. The summed E-state index contributed by atoms with van der Waals surface area (Å²) in [5.74, 6) is 0.540. The number of nitrogen functional groups attached to an aromatic ring is 1. The highest BCUT2D eigenvalue weighted by atomic mass is 15.2. The molecule has 2 aromatic heterocycles. The summed E-state index contributed by atoms with van der Waals surface area (Å²) in [6.07, 6.45) is 2.77. The molecule has 3 N–H and O–H groups in total. The second-order valence-electron chi connectivity index (χ2n) is 4.13. The van der Waals surface area contributed by atoms with E-state index in [4.69, 9.17) is 5.73 Å². The Labute approximate surface area is 101 Å². The van der Waals surface area contributed by atoms with Crippen molar-refractivity contribution >= 4 is 5.82 Å². The predicted molar refractivity (Wildman–Crippen MR) is 67.3 cm³/mol. The van der Waals surface area contributed by atoms with E-state index < -0.39 is 0 Å². The molecule has 0 aliphatic carbocycles. The number of hydrogen-bond acceptors (Lipinski definition) is 4. The van der Waals surface area contributed by atoms with E-state index in [9.17, 15) is 0 Å². The number of H-pyrrole nitrogens is 1. The Morgan fingerprint density at radius 3 is 2.94 bits per heavy atom. The first-order chi connectivity index (χ1) is 8.24. The van der Waals surface area contributed by atoms with Crippen LogP contribution in [-0.4, -0.2) is 33.7 Å². The average Bonchev–Trinajstić information content (AvgIpc) is 2.73. The van der Waals surface area contributed by atoms with Gasteiger partial charge in [-0.3, -0.25) is 10.1 Å². The standard InChI is InChI=1S/C12H17N5/c1-17(9-11-8-12(13)16-15-11)7-5-10-4-2-3-6-14-10/h2-4,6,8H,5,7,9H2,1H3,(H3,13,15,16). The van der Waals surface area contributed by atoms with E-state index in [0.29, 0.717) is 5.82 Å². The normalized spacial score (nSPS) is 10.9. The van der Waals surface area contributed by atoms with Crippen LogP contribution in [0.1, 0.15) is 11.4 Å².